The Morgan fingerprint density at radius 3 is 2.65 bits per heavy atom. The van der Waals surface area contributed by atoms with Crippen molar-refractivity contribution in [3.05, 3.63) is 29.8 Å². The van der Waals surface area contributed by atoms with E-state index in [-0.39, 0.29) is 19.6 Å². The van der Waals surface area contributed by atoms with Crippen molar-refractivity contribution in [2.75, 3.05) is 26.9 Å². The van der Waals surface area contributed by atoms with Gasteiger partial charge in [-0.1, -0.05) is 12.1 Å². The van der Waals surface area contributed by atoms with Gasteiger partial charge in [-0.25, -0.2) is 0 Å². The van der Waals surface area contributed by atoms with Crippen LogP contribution in [0.5, 0.6) is 5.75 Å². The van der Waals surface area contributed by atoms with Crippen molar-refractivity contribution < 1.29 is 22.6 Å². The van der Waals surface area contributed by atoms with E-state index in [1.807, 2.05) is 31.3 Å². The smallest absolute Gasteiger partial charge is 0.389 e. The predicted octanol–water partition coefficient (Wildman–Crippen LogP) is 3.14. The molecule has 0 unspecified atom stereocenters. The van der Waals surface area contributed by atoms with Crippen molar-refractivity contribution in [1.29, 1.82) is 0 Å². The first-order valence-corrected chi connectivity index (χ1v) is 6.52. The number of benzene rings is 1. The fourth-order valence-electron chi connectivity index (χ4n) is 1.64. The molecular weight excluding hydrogens is 271 g/mol. The average molecular weight is 291 g/mol. The molecule has 6 heteroatoms. The summed E-state index contributed by atoms with van der Waals surface area (Å²) in [5, 5.41) is 3.04. The lowest BCUT2D eigenvalue weighted by Crippen LogP contribution is -2.11. The van der Waals surface area contributed by atoms with Crippen LogP contribution >= 0.6 is 0 Å². The second-order valence-corrected chi connectivity index (χ2v) is 4.36. The van der Waals surface area contributed by atoms with Gasteiger partial charge in [-0.2, -0.15) is 13.2 Å². The average Bonchev–Trinajstić information content (AvgIpc) is 2.37. The summed E-state index contributed by atoms with van der Waals surface area (Å²) in [7, 11) is 1.86. The van der Waals surface area contributed by atoms with Crippen LogP contribution in [0.3, 0.4) is 0 Å². The molecule has 0 radical (unpaired) electrons. The Hall–Kier alpha value is -1.27. The maximum atomic E-state index is 11.9. The molecule has 0 heterocycles. The lowest BCUT2D eigenvalue weighted by molar-refractivity contribution is -0.138. The Labute approximate surface area is 117 Å². The summed E-state index contributed by atoms with van der Waals surface area (Å²) in [6, 6.07) is 7.63. The Morgan fingerprint density at radius 2 is 1.95 bits per heavy atom. The van der Waals surface area contributed by atoms with E-state index in [2.05, 4.69) is 5.32 Å². The third kappa shape index (κ3) is 8.01. The van der Waals surface area contributed by atoms with Crippen LogP contribution in [0.1, 0.15) is 18.4 Å². The van der Waals surface area contributed by atoms with E-state index in [9.17, 15) is 13.2 Å². The van der Waals surface area contributed by atoms with Crippen LogP contribution in [0.15, 0.2) is 24.3 Å². The van der Waals surface area contributed by atoms with Crippen LogP contribution < -0.4 is 10.1 Å². The molecule has 20 heavy (non-hydrogen) atoms. The molecule has 1 rings (SSSR count). The van der Waals surface area contributed by atoms with Crippen molar-refractivity contribution in [3.63, 3.8) is 0 Å². The second-order valence-electron chi connectivity index (χ2n) is 4.36. The highest BCUT2D eigenvalue weighted by Crippen LogP contribution is 2.21. The Kier molecular flexibility index (Phi) is 7.40. The second kappa shape index (κ2) is 8.81. The van der Waals surface area contributed by atoms with Gasteiger partial charge in [0.25, 0.3) is 0 Å². The van der Waals surface area contributed by atoms with E-state index < -0.39 is 12.6 Å². The molecule has 3 nitrogen and oxygen atoms in total. The van der Waals surface area contributed by atoms with Gasteiger partial charge in [0.1, 0.15) is 12.4 Å². The van der Waals surface area contributed by atoms with Gasteiger partial charge in [0.05, 0.1) is 6.61 Å². The first-order valence-electron chi connectivity index (χ1n) is 6.52. The molecule has 0 fully saturated rings. The van der Waals surface area contributed by atoms with E-state index >= 15 is 0 Å². The minimum Gasteiger partial charge on any atom is -0.491 e. The lowest BCUT2D eigenvalue weighted by Gasteiger charge is -2.09. The fourth-order valence-corrected chi connectivity index (χ4v) is 1.64. The van der Waals surface area contributed by atoms with Gasteiger partial charge >= 0.3 is 6.18 Å². The van der Waals surface area contributed by atoms with Crippen molar-refractivity contribution in [2.45, 2.75) is 25.6 Å². The quantitative estimate of drug-likeness (QED) is 0.709. The predicted molar refractivity (Wildman–Crippen MR) is 70.8 cm³/mol. The van der Waals surface area contributed by atoms with Gasteiger partial charge in [-0.3, -0.25) is 0 Å². The Balaban J connectivity index is 2.10. The molecule has 1 aromatic rings. The lowest BCUT2D eigenvalue weighted by atomic mass is 10.2. The van der Waals surface area contributed by atoms with Gasteiger partial charge in [-0.05, 0) is 31.2 Å². The number of halogens is 3. The topological polar surface area (TPSA) is 30.5 Å². The molecule has 1 N–H and O–H groups in total. The van der Waals surface area contributed by atoms with Gasteiger partial charge in [0, 0.05) is 19.6 Å². The van der Waals surface area contributed by atoms with Crippen LogP contribution in [0.4, 0.5) is 13.2 Å². The van der Waals surface area contributed by atoms with E-state index in [0.717, 1.165) is 17.9 Å². The van der Waals surface area contributed by atoms with Gasteiger partial charge in [0.2, 0.25) is 0 Å². The summed E-state index contributed by atoms with van der Waals surface area (Å²) in [6.07, 6.45) is -4.92. The van der Waals surface area contributed by atoms with E-state index in [1.165, 1.54) is 0 Å². The third-order valence-corrected chi connectivity index (χ3v) is 2.52. The standard InChI is InChI=1S/C14H20F3NO2/c1-18-11-12-4-2-5-13(10-12)20-9-8-19-7-3-6-14(15,16)17/h2,4-5,10,18H,3,6-9,11H2,1H3. The van der Waals surface area contributed by atoms with Crippen molar-refractivity contribution in [3.8, 4) is 5.75 Å². The zero-order valence-corrected chi connectivity index (χ0v) is 11.5. The van der Waals surface area contributed by atoms with Crippen molar-refractivity contribution in [1.82, 2.24) is 5.32 Å². The molecule has 0 aliphatic carbocycles. The van der Waals surface area contributed by atoms with Gasteiger partial charge < -0.3 is 14.8 Å². The summed E-state index contributed by atoms with van der Waals surface area (Å²) < 4.78 is 46.2. The normalized spacial score (nSPS) is 11.6. The Bertz CT molecular complexity index is 383. The molecule has 0 bridgehead atoms. The first kappa shape index (κ1) is 16.8. The number of rotatable bonds is 9. The fraction of sp³-hybridized carbons (Fsp3) is 0.571. The van der Waals surface area contributed by atoms with Crippen LogP contribution in [-0.4, -0.2) is 33.0 Å². The minimum atomic E-state index is -4.10. The van der Waals surface area contributed by atoms with Crippen molar-refractivity contribution in [2.24, 2.45) is 0 Å². The zero-order chi connectivity index (χ0) is 14.8. The van der Waals surface area contributed by atoms with Crippen LogP contribution in [-0.2, 0) is 11.3 Å². The van der Waals surface area contributed by atoms with Crippen LogP contribution in [0, 0.1) is 0 Å². The maximum absolute atomic E-state index is 11.9. The number of hydrogen-bond donors (Lipinski definition) is 1. The van der Waals surface area contributed by atoms with Gasteiger partial charge in [-0.15, -0.1) is 0 Å². The largest absolute Gasteiger partial charge is 0.491 e. The summed E-state index contributed by atoms with van der Waals surface area (Å²) >= 11 is 0. The summed E-state index contributed by atoms with van der Waals surface area (Å²) in [6.45, 7) is 1.47. The molecule has 0 saturated heterocycles. The highest BCUT2D eigenvalue weighted by molar-refractivity contribution is 5.28. The molecule has 0 spiro atoms. The minimum absolute atomic E-state index is 0.0127. The van der Waals surface area contributed by atoms with E-state index in [0.29, 0.717) is 6.61 Å². The highest BCUT2D eigenvalue weighted by Gasteiger charge is 2.25. The molecule has 114 valence electrons. The van der Waals surface area contributed by atoms with E-state index in [1.54, 1.807) is 0 Å². The summed E-state index contributed by atoms with van der Waals surface area (Å²) in [4.78, 5) is 0. The molecule has 0 saturated carbocycles. The summed E-state index contributed by atoms with van der Waals surface area (Å²) in [5.74, 6) is 0.733. The highest BCUT2D eigenvalue weighted by atomic mass is 19.4. The van der Waals surface area contributed by atoms with Gasteiger partial charge in [0.15, 0.2) is 0 Å². The molecule has 0 atom stereocenters. The van der Waals surface area contributed by atoms with Crippen LogP contribution in [0.2, 0.25) is 0 Å². The van der Waals surface area contributed by atoms with Crippen LogP contribution in [0.25, 0.3) is 0 Å². The third-order valence-electron chi connectivity index (χ3n) is 2.52. The molecule has 0 aliphatic rings. The molecule has 0 amide bonds. The maximum Gasteiger partial charge on any atom is 0.389 e. The molecular formula is C14H20F3NO2. The monoisotopic (exact) mass is 291 g/mol. The molecule has 1 aromatic carbocycles. The molecule has 0 aliphatic heterocycles. The number of nitrogens with one attached hydrogen (secondary N) is 1. The molecule has 0 aromatic heterocycles. The number of alkyl halides is 3. The zero-order valence-electron chi connectivity index (χ0n) is 11.5. The van der Waals surface area contributed by atoms with Crippen molar-refractivity contribution >= 4 is 0 Å². The number of hydrogen-bond acceptors (Lipinski definition) is 3. The number of ether oxygens (including phenoxy) is 2. The Morgan fingerprint density at radius 1 is 1.15 bits per heavy atom. The SMILES string of the molecule is CNCc1cccc(OCCOCCCC(F)(F)F)c1. The van der Waals surface area contributed by atoms with E-state index in [4.69, 9.17) is 9.47 Å². The first-order chi connectivity index (χ1) is 9.51. The summed E-state index contributed by atoms with van der Waals surface area (Å²) in [5.41, 5.74) is 1.11.